The summed E-state index contributed by atoms with van der Waals surface area (Å²) in [5.74, 6) is -1.34. The molecule has 0 aliphatic rings. The Morgan fingerprint density at radius 3 is 2.07 bits per heavy atom. The number of halogens is 3. The fraction of sp³-hybridized carbons (Fsp3) is 0.333. The molecule has 1 amide bonds. The Balaban J connectivity index is 1.90. The van der Waals surface area contributed by atoms with Gasteiger partial charge in [-0.25, -0.2) is 4.79 Å². The molecule has 0 unspecified atom stereocenters. The van der Waals surface area contributed by atoms with Crippen LogP contribution >= 0.6 is 0 Å². The summed E-state index contributed by atoms with van der Waals surface area (Å²) >= 11 is 0. The minimum atomic E-state index is -4.46. The Labute approximate surface area is 166 Å². The van der Waals surface area contributed by atoms with E-state index in [0.717, 1.165) is 29.8 Å². The van der Waals surface area contributed by atoms with Gasteiger partial charge in [-0.3, -0.25) is 4.79 Å². The fourth-order valence-corrected chi connectivity index (χ4v) is 2.27. The van der Waals surface area contributed by atoms with Crippen LogP contribution in [0.25, 0.3) is 0 Å². The van der Waals surface area contributed by atoms with E-state index in [-0.39, 0.29) is 17.4 Å². The van der Waals surface area contributed by atoms with Gasteiger partial charge in [-0.2, -0.15) is 13.2 Å². The lowest BCUT2D eigenvalue weighted by Crippen LogP contribution is -2.30. The molecule has 0 heterocycles. The molecule has 1 N–H and O–H groups in total. The number of alkyl halides is 3. The minimum absolute atomic E-state index is 0.0867. The lowest BCUT2D eigenvalue weighted by Gasteiger charge is -2.14. The van der Waals surface area contributed by atoms with Crippen molar-refractivity contribution in [1.29, 1.82) is 0 Å². The first-order valence-electron chi connectivity index (χ1n) is 8.96. The van der Waals surface area contributed by atoms with Gasteiger partial charge in [0.05, 0.1) is 23.8 Å². The second-order valence-electron chi connectivity index (χ2n) is 6.67. The summed E-state index contributed by atoms with van der Waals surface area (Å²) in [6.45, 7) is 5.63. The third kappa shape index (κ3) is 6.90. The highest BCUT2D eigenvalue weighted by molar-refractivity contribution is 5.97. The van der Waals surface area contributed by atoms with Crippen LogP contribution in [-0.4, -0.2) is 24.1 Å². The number of esters is 1. The number of benzene rings is 2. The first-order chi connectivity index (χ1) is 13.6. The molecule has 0 saturated heterocycles. The molecule has 0 aromatic heterocycles. The number of carbonyl (C=O) groups is 2. The van der Waals surface area contributed by atoms with Crippen LogP contribution < -0.4 is 5.32 Å². The van der Waals surface area contributed by atoms with Gasteiger partial charge in [0.15, 0.2) is 6.10 Å². The summed E-state index contributed by atoms with van der Waals surface area (Å²) in [7, 11) is 0. The number of rotatable bonds is 7. The molecule has 0 aliphatic heterocycles. The second-order valence-corrected chi connectivity index (χ2v) is 6.67. The predicted molar refractivity (Wildman–Crippen MR) is 101 cm³/mol. The quantitative estimate of drug-likeness (QED) is 0.667. The monoisotopic (exact) mass is 409 g/mol. The van der Waals surface area contributed by atoms with E-state index in [1.165, 1.54) is 6.92 Å². The Morgan fingerprint density at radius 2 is 1.55 bits per heavy atom. The van der Waals surface area contributed by atoms with Crippen molar-refractivity contribution >= 4 is 17.6 Å². The maximum absolute atomic E-state index is 12.6. The smallest absolute Gasteiger partial charge is 0.416 e. The highest BCUT2D eigenvalue weighted by Gasteiger charge is 2.30. The molecule has 2 aromatic carbocycles. The van der Waals surface area contributed by atoms with Crippen LogP contribution in [0.3, 0.4) is 0 Å². The van der Waals surface area contributed by atoms with Gasteiger partial charge in [0.1, 0.15) is 0 Å². The van der Waals surface area contributed by atoms with Crippen LogP contribution in [0, 0.1) is 0 Å². The zero-order valence-corrected chi connectivity index (χ0v) is 16.2. The predicted octanol–water partition coefficient (Wildman–Crippen LogP) is 4.81. The summed E-state index contributed by atoms with van der Waals surface area (Å²) in [5.41, 5.74) is 0.508. The summed E-state index contributed by atoms with van der Waals surface area (Å²) in [5, 5.41) is 2.41. The van der Waals surface area contributed by atoms with Crippen molar-refractivity contribution in [2.75, 3.05) is 5.32 Å². The van der Waals surface area contributed by atoms with Crippen LogP contribution in [0.2, 0.25) is 0 Å². The van der Waals surface area contributed by atoms with Crippen LogP contribution in [0.4, 0.5) is 18.9 Å². The van der Waals surface area contributed by atoms with E-state index in [0.29, 0.717) is 6.61 Å². The lowest BCUT2D eigenvalue weighted by atomic mass is 10.1. The summed E-state index contributed by atoms with van der Waals surface area (Å²) in [6.07, 6.45) is -5.50. The molecule has 2 aromatic rings. The van der Waals surface area contributed by atoms with Crippen LogP contribution in [-0.2, 0) is 27.1 Å². The van der Waals surface area contributed by atoms with E-state index in [4.69, 9.17) is 9.47 Å². The summed E-state index contributed by atoms with van der Waals surface area (Å²) < 4.78 is 48.3. The van der Waals surface area contributed by atoms with Crippen LogP contribution in [0.15, 0.2) is 48.5 Å². The van der Waals surface area contributed by atoms with Gasteiger partial charge in [-0.05, 0) is 62.7 Å². The van der Waals surface area contributed by atoms with Crippen molar-refractivity contribution in [3.8, 4) is 0 Å². The minimum Gasteiger partial charge on any atom is -0.449 e. The van der Waals surface area contributed by atoms with Gasteiger partial charge < -0.3 is 14.8 Å². The zero-order valence-electron chi connectivity index (χ0n) is 16.2. The average Bonchev–Trinajstić information content (AvgIpc) is 2.66. The molecule has 156 valence electrons. The molecular weight excluding hydrogens is 387 g/mol. The fourth-order valence-electron chi connectivity index (χ4n) is 2.27. The number of carbonyl (C=O) groups excluding carboxylic acids is 2. The molecule has 8 heteroatoms. The van der Waals surface area contributed by atoms with E-state index in [2.05, 4.69) is 5.32 Å². The maximum Gasteiger partial charge on any atom is 0.416 e. The van der Waals surface area contributed by atoms with Gasteiger partial charge in [0, 0.05) is 5.69 Å². The first-order valence-corrected chi connectivity index (χ1v) is 8.96. The van der Waals surface area contributed by atoms with Gasteiger partial charge >= 0.3 is 12.1 Å². The van der Waals surface area contributed by atoms with E-state index in [1.807, 2.05) is 13.8 Å². The van der Waals surface area contributed by atoms with Crippen molar-refractivity contribution in [2.45, 2.75) is 45.8 Å². The molecule has 2 rings (SSSR count). The Kier molecular flexibility index (Phi) is 7.39. The Morgan fingerprint density at radius 1 is 0.966 bits per heavy atom. The second kappa shape index (κ2) is 9.56. The zero-order chi connectivity index (χ0) is 21.6. The summed E-state index contributed by atoms with van der Waals surface area (Å²) in [4.78, 5) is 24.3. The van der Waals surface area contributed by atoms with Gasteiger partial charge in [-0.1, -0.05) is 12.1 Å². The molecule has 29 heavy (non-hydrogen) atoms. The topological polar surface area (TPSA) is 64.6 Å². The number of ether oxygens (including phenoxy) is 2. The molecule has 1 atom stereocenters. The highest BCUT2D eigenvalue weighted by atomic mass is 19.4. The molecular formula is C21H22F3NO4. The van der Waals surface area contributed by atoms with Crippen LogP contribution in [0.1, 0.15) is 42.3 Å². The highest BCUT2D eigenvalue weighted by Crippen LogP contribution is 2.29. The molecule has 0 spiro atoms. The lowest BCUT2D eigenvalue weighted by molar-refractivity contribution is -0.137. The van der Waals surface area contributed by atoms with Gasteiger partial charge in [-0.15, -0.1) is 0 Å². The van der Waals surface area contributed by atoms with E-state index >= 15 is 0 Å². The number of nitrogens with one attached hydrogen (secondary N) is 1. The van der Waals surface area contributed by atoms with Crippen molar-refractivity contribution < 1.29 is 32.2 Å². The molecule has 0 radical (unpaired) electrons. The summed E-state index contributed by atoms with van der Waals surface area (Å²) in [6, 6.07) is 10.6. The average molecular weight is 409 g/mol. The number of amides is 1. The molecule has 0 bridgehead atoms. The maximum atomic E-state index is 12.6. The molecule has 5 nitrogen and oxygen atoms in total. The van der Waals surface area contributed by atoms with Gasteiger partial charge in [0.25, 0.3) is 5.91 Å². The third-order valence-corrected chi connectivity index (χ3v) is 3.91. The SMILES string of the molecule is CC(C)OCc1ccc(C(=O)O[C@@H](C)C(=O)Nc2ccc(C(F)(F)F)cc2)cc1. The van der Waals surface area contributed by atoms with Crippen molar-refractivity contribution in [3.05, 3.63) is 65.2 Å². The largest absolute Gasteiger partial charge is 0.449 e. The first kappa shape index (κ1) is 22.4. The standard InChI is InChI=1S/C21H22F3NO4/c1-13(2)28-12-15-4-6-16(7-5-15)20(27)29-14(3)19(26)25-18-10-8-17(9-11-18)21(22,23)24/h4-11,13-14H,12H2,1-3H3,(H,25,26)/t14-/m0/s1. The number of anilines is 1. The molecule has 0 fully saturated rings. The van der Waals surface area contributed by atoms with Crippen LogP contribution in [0.5, 0.6) is 0 Å². The van der Waals surface area contributed by atoms with Crippen molar-refractivity contribution in [2.24, 2.45) is 0 Å². The Hall–Kier alpha value is -2.87. The van der Waals surface area contributed by atoms with Gasteiger partial charge in [0.2, 0.25) is 0 Å². The van der Waals surface area contributed by atoms with E-state index < -0.39 is 29.7 Å². The van der Waals surface area contributed by atoms with E-state index in [1.54, 1.807) is 24.3 Å². The van der Waals surface area contributed by atoms with Crippen molar-refractivity contribution in [1.82, 2.24) is 0 Å². The number of hydrogen-bond donors (Lipinski definition) is 1. The third-order valence-electron chi connectivity index (χ3n) is 3.91. The molecule has 0 aliphatic carbocycles. The van der Waals surface area contributed by atoms with E-state index in [9.17, 15) is 22.8 Å². The molecule has 0 saturated carbocycles. The number of hydrogen-bond acceptors (Lipinski definition) is 4. The van der Waals surface area contributed by atoms with Crippen molar-refractivity contribution in [3.63, 3.8) is 0 Å². The normalized spacial score (nSPS) is 12.5. The Bertz CT molecular complexity index is 830.